The quantitative estimate of drug-likeness (QED) is 0.208. The number of hydrogen-bond donors (Lipinski definition) is 0. The highest BCUT2D eigenvalue weighted by atomic mass is 19.1. The number of hydrogen-bond acceptors (Lipinski definition) is 8. The minimum absolute atomic E-state index is 0.0512. The minimum atomic E-state index is -0.607. The summed E-state index contributed by atoms with van der Waals surface area (Å²) in [5.74, 6) is 10.2. The highest BCUT2D eigenvalue weighted by Gasteiger charge is 2.41. The standard InChI is InChI=1S/C19H17F2N3O2.C19H18FN3O2/c1-12-11-24(18(25)26-19(12,2)3)17-22-9-13(10-23-17)4-5-14-8-15(20)6-7-16(14)21;1-13-12-23(18(24)25-19(13,2)3)17-21-10-15(11-22-17)8-7-14-5-4-6-16(20)9-14/h6-10,12H,11H2,1-3H3;4-6,9-11,13H,12H2,1-3H3. The first-order valence-corrected chi connectivity index (χ1v) is 16.0. The maximum Gasteiger partial charge on any atom is 0.417 e. The zero-order valence-electron chi connectivity index (χ0n) is 28.9. The molecular weight excluding hydrogens is 661 g/mol. The number of anilines is 2. The highest BCUT2D eigenvalue weighted by Crippen LogP contribution is 2.31. The van der Waals surface area contributed by atoms with Gasteiger partial charge in [-0.15, -0.1) is 0 Å². The summed E-state index contributed by atoms with van der Waals surface area (Å²) < 4.78 is 50.7. The molecule has 0 saturated carbocycles. The molecule has 2 aromatic heterocycles. The third-order valence-corrected chi connectivity index (χ3v) is 8.63. The molecular formula is C38H35F3N6O4. The first-order chi connectivity index (χ1) is 24.1. The molecule has 2 saturated heterocycles. The van der Waals surface area contributed by atoms with Crippen molar-refractivity contribution in [1.29, 1.82) is 0 Å². The van der Waals surface area contributed by atoms with Gasteiger partial charge in [0.1, 0.15) is 28.7 Å². The van der Waals surface area contributed by atoms with E-state index in [9.17, 15) is 22.8 Å². The number of amides is 2. The molecule has 2 atom stereocenters. The summed E-state index contributed by atoms with van der Waals surface area (Å²) >= 11 is 0. The molecule has 4 heterocycles. The Kier molecular flexibility index (Phi) is 10.6. The van der Waals surface area contributed by atoms with Gasteiger partial charge in [0, 0.05) is 55.3 Å². The number of benzene rings is 2. The van der Waals surface area contributed by atoms with Crippen LogP contribution in [-0.4, -0.2) is 56.4 Å². The van der Waals surface area contributed by atoms with Crippen molar-refractivity contribution in [1.82, 2.24) is 19.9 Å². The van der Waals surface area contributed by atoms with Crippen LogP contribution >= 0.6 is 0 Å². The van der Waals surface area contributed by atoms with Crippen LogP contribution in [0.5, 0.6) is 0 Å². The van der Waals surface area contributed by atoms with E-state index in [-0.39, 0.29) is 35.1 Å². The Bertz CT molecular complexity index is 2050. The van der Waals surface area contributed by atoms with Crippen molar-refractivity contribution in [3.63, 3.8) is 0 Å². The molecule has 0 spiro atoms. The Morgan fingerprint density at radius 1 is 0.647 bits per heavy atom. The van der Waals surface area contributed by atoms with E-state index >= 15 is 0 Å². The van der Waals surface area contributed by atoms with E-state index < -0.39 is 35.0 Å². The summed E-state index contributed by atoms with van der Waals surface area (Å²) in [6.45, 7) is 12.4. The van der Waals surface area contributed by atoms with Crippen LogP contribution in [0, 0.1) is 53.0 Å². The van der Waals surface area contributed by atoms with E-state index in [4.69, 9.17) is 9.47 Å². The lowest BCUT2D eigenvalue weighted by atomic mass is 9.91. The molecule has 2 aromatic carbocycles. The van der Waals surface area contributed by atoms with E-state index in [1.165, 1.54) is 46.7 Å². The number of cyclic esters (lactones) is 2. The summed E-state index contributed by atoms with van der Waals surface area (Å²) in [4.78, 5) is 43.7. The molecule has 0 radical (unpaired) electrons. The van der Waals surface area contributed by atoms with Crippen molar-refractivity contribution < 1.29 is 32.2 Å². The number of carbonyl (C=O) groups excluding carboxylic acids is 2. The van der Waals surface area contributed by atoms with Crippen molar-refractivity contribution >= 4 is 24.1 Å². The monoisotopic (exact) mass is 696 g/mol. The van der Waals surface area contributed by atoms with Gasteiger partial charge in [-0.2, -0.15) is 0 Å². The molecule has 262 valence electrons. The normalized spacial score (nSPS) is 18.8. The number of nitrogens with zero attached hydrogens (tertiary/aromatic N) is 6. The summed E-state index contributed by atoms with van der Waals surface area (Å²) in [6, 6.07) is 9.10. The highest BCUT2D eigenvalue weighted by molar-refractivity contribution is 5.87. The number of ether oxygens (including phenoxy) is 2. The van der Waals surface area contributed by atoms with Gasteiger partial charge in [0.25, 0.3) is 0 Å². The minimum Gasteiger partial charge on any atom is -0.443 e. The molecule has 13 heteroatoms. The van der Waals surface area contributed by atoms with E-state index in [0.717, 1.165) is 18.2 Å². The zero-order valence-corrected chi connectivity index (χ0v) is 28.9. The molecule has 2 aliphatic heterocycles. The Labute approximate surface area is 294 Å². The first kappa shape index (κ1) is 36.3. The van der Waals surface area contributed by atoms with Gasteiger partial charge in [-0.1, -0.05) is 43.6 Å². The van der Waals surface area contributed by atoms with E-state index in [0.29, 0.717) is 29.8 Å². The van der Waals surface area contributed by atoms with Crippen molar-refractivity contribution in [2.75, 3.05) is 22.9 Å². The lowest BCUT2D eigenvalue weighted by molar-refractivity contribution is -0.0133. The van der Waals surface area contributed by atoms with Gasteiger partial charge in [-0.25, -0.2) is 52.5 Å². The predicted octanol–water partition coefficient (Wildman–Crippen LogP) is 6.91. The second kappa shape index (κ2) is 14.9. The topological polar surface area (TPSA) is 111 Å². The van der Waals surface area contributed by atoms with E-state index in [1.807, 2.05) is 41.5 Å². The van der Waals surface area contributed by atoms with Crippen LogP contribution in [-0.2, 0) is 9.47 Å². The largest absolute Gasteiger partial charge is 0.443 e. The maximum absolute atomic E-state index is 13.6. The lowest BCUT2D eigenvalue weighted by Gasteiger charge is -2.40. The van der Waals surface area contributed by atoms with Crippen LogP contribution < -0.4 is 9.80 Å². The predicted molar refractivity (Wildman–Crippen MR) is 183 cm³/mol. The SMILES string of the molecule is CC1CN(c2ncc(C#Cc3cc(F)ccc3F)cn2)C(=O)OC1(C)C.CC1CN(c2ncc(C#Cc3cccc(F)c3)cn2)C(=O)OC1(C)C. The Balaban J connectivity index is 0.000000198. The molecule has 0 aliphatic carbocycles. The fraction of sp³-hybridized carbons (Fsp3) is 0.316. The maximum atomic E-state index is 13.6. The smallest absolute Gasteiger partial charge is 0.417 e. The molecule has 51 heavy (non-hydrogen) atoms. The molecule has 2 aliphatic rings. The average Bonchev–Trinajstić information content (AvgIpc) is 3.08. The van der Waals surface area contributed by atoms with Crippen LogP contribution in [0.2, 0.25) is 0 Å². The molecule has 0 bridgehead atoms. The Hall–Kier alpha value is -5.95. The molecule has 2 amide bonds. The van der Waals surface area contributed by atoms with Crippen molar-refractivity contribution in [3.8, 4) is 23.7 Å². The van der Waals surface area contributed by atoms with Gasteiger partial charge in [0.15, 0.2) is 0 Å². The van der Waals surface area contributed by atoms with Crippen molar-refractivity contribution in [2.45, 2.75) is 52.7 Å². The number of rotatable bonds is 2. The van der Waals surface area contributed by atoms with E-state index in [2.05, 4.69) is 43.6 Å². The Morgan fingerprint density at radius 2 is 1.10 bits per heavy atom. The molecule has 2 fully saturated rings. The third kappa shape index (κ3) is 9.00. The van der Waals surface area contributed by atoms with Gasteiger partial charge in [0.2, 0.25) is 11.9 Å². The molecule has 4 aromatic rings. The van der Waals surface area contributed by atoms with Gasteiger partial charge in [0.05, 0.1) is 16.7 Å². The van der Waals surface area contributed by atoms with Crippen LogP contribution in [0.15, 0.2) is 67.3 Å². The Morgan fingerprint density at radius 3 is 1.59 bits per heavy atom. The third-order valence-electron chi connectivity index (χ3n) is 8.63. The average molecular weight is 697 g/mol. The fourth-order valence-electron chi connectivity index (χ4n) is 4.72. The van der Waals surface area contributed by atoms with Gasteiger partial charge < -0.3 is 9.47 Å². The summed E-state index contributed by atoms with van der Waals surface area (Å²) in [5, 5.41) is 0. The van der Waals surface area contributed by atoms with Gasteiger partial charge in [-0.3, -0.25) is 0 Å². The van der Waals surface area contributed by atoms with Gasteiger partial charge >= 0.3 is 12.2 Å². The number of aromatic nitrogens is 4. The molecule has 0 N–H and O–H groups in total. The second-order valence-corrected chi connectivity index (χ2v) is 13.1. The summed E-state index contributed by atoms with van der Waals surface area (Å²) in [7, 11) is 0. The van der Waals surface area contributed by atoms with Crippen molar-refractivity contribution in [2.24, 2.45) is 11.8 Å². The van der Waals surface area contributed by atoms with Crippen LogP contribution in [0.1, 0.15) is 63.8 Å². The lowest BCUT2D eigenvalue weighted by Crippen LogP contribution is -2.52. The first-order valence-electron chi connectivity index (χ1n) is 16.0. The molecule has 2 unspecified atom stereocenters. The van der Waals surface area contributed by atoms with Gasteiger partial charge in [-0.05, 0) is 64.1 Å². The molecule has 10 nitrogen and oxygen atoms in total. The van der Waals surface area contributed by atoms with Crippen molar-refractivity contribution in [3.05, 3.63) is 107 Å². The summed E-state index contributed by atoms with van der Waals surface area (Å²) in [6.07, 6.45) is 4.95. The van der Waals surface area contributed by atoms with Crippen LogP contribution in [0.25, 0.3) is 0 Å². The second-order valence-electron chi connectivity index (χ2n) is 13.1. The van der Waals surface area contributed by atoms with Crippen LogP contribution in [0.3, 0.4) is 0 Å². The fourth-order valence-corrected chi connectivity index (χ4v) is 4.72. The summed E-state index contributed by atoms with van der Waals surface area (Å²) in [5.41, 5.74) is 0.449. The van der Waals surface area contributed by atoms with E-state index in [1.54, 1.807) is 12.1 Å². The zero-order chi connectivity index (χ0) is 36.9. The molecule has 6 rings (SSSR count). The van der Waals surface area contributed by atoms with Crippen LogP contribution in [0.4, 0.5) is 34.7 Å². The number of halogens is 3. The number of carbonyl (C=O) groups is 2.